The Kier molecular flexibility index (Phi) is 6.07. The van der Waals surface area contributed by atoms with Crippen molar-refractivity contribution in [3.8, 4) is 5.75 Å². The Morgan fingerprint density at radius 2 is 2.28 bits per heavy atom. The minimum absolute atomic E-state index is 0.149. The number of benzene rings is 1. The summed E-state index contributed by atoms with van der Waals surface area (Å²) in [6, 6.07) is 5.25. The number of thiocarbonyl (C=S) groups is 1. The van der Waals surface area contributed by atoms with Crippen LogP contribution < -0.4 is 15.8 Å². The van der Waals surface area contributed by atoms with Crippen molar-refractivity contribution in [2.75, 3.05) is 13.7 Å². The van der Waals surface area contributed by atoms with Gasteiger partial charge in [-0.1, -0.05) is 12.2 Å². The van der Waals surface area contributed by atoms with Gasteiger partial charge in [0.05, 0.1) is 17.7 Å². The molecular formula is C12H15BrN2O2S. The molecule has 0 heterocycles. The van der Waals surface area contributed by atoms with Crippen molar-refractivity contribution in [3.63, 3.8) is 0 Å². The molecule has 4 nitrogen and oxygen atoms in total. The normalized spacial score (nSPS) is 9.89. The average Bonchev–Trinajstić information content (AvgIpc) is 2.34. The Hall–Kier alpha value is -1.14. The van der Waals surface area contributed by atoms with Gasteiger partial charge in [0.15, 0.2) is 0 Å². The monoisotopic (exact) mass is 330 g/mol. The lowest BCUT2D eigenvalue weighted by molar-refractivity contribution is 0.0952. The van der Waals surface area contributed by atoms with Gasteiger partial charge in [0.25, 0.3) is 5.91 Å². The summed E-state index contributed by atoms with van der Waals surface area (Å²) in [6.45, 7) is 0.541. The van der Waals surface area contributed by atoms with Crippen LogP contribution in [0.1, 0.15) is 23.2 Å². The Labute approximate surface area is 120 Å². The highest BCUT2D eigenvalue weighted by Crippen LogP contribution is 2.22. The number of halogens is 1. The number of hydrogen-bond acceptors (Lipinski definition) is 3. The molecule has 3 N–H and O–H groups in total. The van der Waals surface area contributed by atoms with Crippen LogP contribution in [0.25, 0.3) is 0 Å². The molecular weight excluding hydrogens is 316 g/mol. The third-order valence-corrected chi connectivity index (χ3v) is 3.20. The first-order chi connectivity index (χ1) is 8.54. The van der Waals surface area contributed by atoms with E-state index in [0.29, 0.717) is 29.3 Å². The molecule has 0 spiro atoms. The highest BCUT2D eigenvalue weighted by Gasteiger charge is 2.10. The number of hydrogen-bond donors (Lipinski definition) is 2. The topological polar surface area (TPSA) is 64.3 Å². The number of nitrogens with two attached hydrogens (primary N) is 1. The number of amides is 1. The zero-order chi connectivity index (χ0) is 13.5. The molecule has 0 unspecified atom stereocenters. The molecule has 0 aliphatic carbocycles. The number of carbonyl (C=O) groups excluding carboxylic acids is 1. The van der Waals surface area contributed by atoms with Crippen LogP contribution in [0.4, 0.5) is 0 Å². The number of methoxy groups -OCH3 is 1. The summed E-state index contributed by atoms with van der Waals surface area (Å²) in [5.41, 5.74) is 5.92. The molecule has 1 rings (SSSR count). The number of nitrogens with one attached hydrogen (secondary N) is 1. The first-order valence-electron chi connectivity index (χ1n) is 5.44. The van der Waals surface area contributed by atoms with Gasteiger partial charge in [-0.05, 0) is 47.0 Å². The largest absolute Gasteiger partial charge is 0.497 e. The molecule has 0 aliphatic heterocycles. The van der Waals surface area contributed by atoms with Crippen molar-refractivity contribution in [3.05, 3.63) is 28.2 Å². The van der Waals surface area contributed by atoms with Crippen LogP contribution in [0.5, 0.6) is 5.75 Å². The highest BCUT2D eigenvalue weighted by molar-refractivity contribution is 9.10. The molecule has 0 aromatic heterocycles. The van der Waals surface area contributed by atoms with Crippen molar-refractivity contribution in [1.82, 2.24) is 5.32 Å². The lowest BCUT2D eigenvalue weighted by Crippen LogP contribution is -2.25. The average molecular weight is 331 g/mol. The zero-order valence-corrected chi connectivity index (χ0v) is 12.4. The maximum atomic E-state index is 11.9. The van der Waals surface area contributed by atoms with E-state index in [2.05, 4.69) is 21.2 Å². The highest BCUT2D eigenvalue weighted by atomic mass is 79.9. The summed E-state index contributed by atoms with van der Waals surface area (Å²) < 4.78 is 5.81. The van der Waals surface area contributed by atoms with Gasteiger partial charge in [0.1, 0.15) is 5.75 Å². The molecule has 1 aromatic carbocycles. The smallest absolute Gasteiger partial charge is 0.252 e. The summed E-state index contributed by atoms with van der Waals surface area (Å²) in [6.07, 6.45) is 1.37. The van der Waals surface area contributed by atoms with Gasteiger partial charge in [0.2, 0.25) is 0 Å². The SMILES string of the molecule is COc1ccc(Br)c(C(=O)NCCCC(N)=S)c1. The maximum Gasteiger partial charge on any atom is 0.252 e. The standard InChI is InChI=1S/C12H15BrN2O2S/c1-17-8-4-5-10(13)9(7-8)12(16)15-6-2-3-11(14)18/h4-5,7H,2-3,6H2,1H3,(H2,14,18)(H,15,16). The fraction of sp³-hybridized carbons (Fsp3) is 0.333. The van der Waals surface area contributed by atoms with Crippen molar-refractivity contribution < 1.29 is 9.53 Å². The maximum absolute atomic E-state index is 11.9. The van der Waals surface area contributed by atoms with Gasteiger partial charge in [-0.3, -0.25) is 4.79 Å². The van der Waals surface area contributed by atoms with Crippen LogP contribution in [0, 0.1) is 0 Å². The molecule has 98 valence electrons. The molecule has 0 atom stereocenters. The van der Waals surface area contributed by atoms with Gasteiger partial charge < -0.3 is 15.8 Å². The number of ether oxygens (including phenoxy) is 1. The van der Waals surface area contributed by atoms with Gasteiger partial charge in [-0.15, -0.1) is 0 Å². The van der Waals surface area contributed by atoms with E-state index in [1.807, 2.05) is 0 Å². The summed E-state index contributed by atoms with van der Waals surface area (Å²) in [5.74, 6) is 0.496. The van der Waals surface area contributed by atoms with Crippen molar-refractivity contribution in [1.29, 1.82) is 0 Å². The summed E-state index contributed by atoms with van der Waals surface area (Å²) >= 11 is 8.10. The summed E-state index contributed by atoms with van der Waals surface area (Å²) in [5, 5.41) is 2.81. The molecule has 6 heteroatoms. The van der Waals surface area contributed by atoms with Crippen LogP contribution in [-0.2, 0) is 0 Å². The lowest BCUT2D eigenvalue weighted by atomic mass is 10.2. The third kappa shape index (κ3) is 4.62. The van der Waals surface area contributed by atoms with E-state index < -0.39 is 0 Å². The Balaban J connectivity index is 2.58. The van der Waals surface area contributed by atoms with Crippen LogP contribution >= 0.6 is 28.1 Å². The predicted octanol–water partition coefficient (Wildman–Crippen LogP) is 2.25. The van der Waals surface area contributed by atoms with Gasteiger partial charge in [-0.2, -0.15) is 0 Å². The number of carbonyl (C=O) groups is 1. The van der Waals surface area contributed by atoms with Crippen LogP contribution in [0.3, 0.4) is 0 Å². The Morgan fingerprint density at radius 1 is 1.56 bits per heavy atom. The van der Waals surface area contributed by atoms with Crippen LogP contribution in [-0.4, -0.2) is 24.6 Å². The Morgan fingerprint density at radius 3 is 2.89 bits per heavy atom. The Bertz CT molecular complexity index is 452. The number of rotatable bonds is 6. The second-order valence-corrected chi connectivity index (χ2v) is 5.05. The predicted molar refractivity (Wildman–Crippen MR) is 79.0 cm³/mol. The zero-order valence-electron chi connectivity index (χ0n) is 10.0. The summed E-state index contributed by atoms with van der Waals surface area (Å²) in [4.78, 5) is 12.4. The lowest BCUT2D eigenvalue weighted by Gasteiger charge is -2.08. The van der Waals surface area contributed by atoms with E-state index in [0.717, 1.165) is 10.9 Å². The van der Waals surface area contributed by atoms with Gasteiger partial charge >= 0.3 is 0 Å². The molecule has 0 saturated carbocycles. The molecule has 1 amide bonds. The van der Waals surface area contributed by atoms with E-state index in [-0.39, 0.29) is 5.91 Å². The van der Waals surface area contributed by atoms with E-state index in [4.69, 9.17) is 22.7 Å². The quantitative estimate of drug-likeness (QED) is 0.620. The first-order valence-corrected chi connectivity index (χ1v) is 6.64. The van der Waals surface area contributed by atoms with Crippen molar-refractivity contribution >= 4 is 39.0 Å². The van der Waals surface area contributed by atoms with Gasteiger partial charge in [-0.25, -0.2) is 0 Å². The molecule has 0 aliphatic rings. The van der Waals surface area contributed by atoms with Crippen molar-refractivity contribution in [2.24, 2.45) is 5.73 Å². The van der Waals surface area contributed by atoms with Crippen LogP contribution in [0.15, 0.2) is 22.7 Å². The second-order valence-electron chi connectivity index (χ2n) is 3.67. The van der Waals surface area contributed by atoms with Gasteiger partial charge in [0, 0.05) is 11.0 Å². The molecule has 1 aromatic rings. The minimum atomic E-state index is -0.149. The van der Waals surface area contributed by atoms with Crippen LogP contribution in [0.2, 0.25) is 0 Å². The van der Waals surface area contributed by atoms with E-state index in [1.165, 1.54) is 0 Å². The molecule has 0 fully saturated rings. The third-order valence-electron chi connectivity index (χ3n) is 2.30. The van der Waals surface area contributed by atoms with E-state index >= 15 is 0 Å². The minimum Gasteiger partial charge on any atom is -0.497 e. The van der Waals surface area contributed by atoms with E-state index in [1.54, 1.807) is 25.3 Å². The summed E-state index contributed by atoms with van der Waals surface area (Å²) in [7, 11) is 1.56. The molecule has 18 heavy (non-hydrogen) atoms. The molecule has 0 bridgehead atoms. The van der Waals surface area contributed by atoms with Crippen molar-refractivity contribution in [2.45, 2.75) is 12.8 Å². The fourth-order valence-corrected chi connectivity index (χ4v) is 1.94. The molecule has 0 saturated heterocycles. The van der Waals surface area contributed by atoms with E-state index in [9.17, 15) is 4.79 Å². The fourth-order valence-electron chi connectivity index (χ4n) is 1.37. The molecule has 0 radical (unpaired) electrons. The second kappa shape index (κ2) is 7.33. The first kappa shape index (κ1) is 14.9.